The molecule has 0 radical (unpaired) electrons. The first-order valence-corrected chi connectivity index (χ1v) is 8.61. The van der Waals surface area contributed by atoms with Crippen LogP contribution in [0.15, 0.2) is 0 Å². The van der Waals surface area contributed by atoms with E-state index in [1.54, 1.807) is 0 Å². The van der Waals surface area contributed by atoms with Crippen molar-refractivity contribution in [3.63, 3.8) is 0 Å². The van der Waals surface area contributed by atoms with Gasteiger partial charge in [0.15, 0.2) is 0 Å². The van der Waals surface area contributed by atoms with Gasteiger partial charge in [0.2, 0.25) is 0 Å². The van der Waals surface area contributed by atoms with Gasteiger partial charge in [0.05, 0.1) is 0 Å². The van der Waals surface area contributed by atoms with E-state index in [0.29, 0.717) is 5.54 Å². The molecule has 0 aromatic heterocycles. The molecule has 2 unspecified atom stereocenters. The average Bonchev–Trinajstić information content (AvgIpc) is 3.28. The Hall–Kier alpha value is -0.0800. The van der Waals surface area contributed by atoms with Crippen LogP contribution in [0.1, 0.15) is 65.2 Å². The Morgan fingerprint density at radius 2 is 1.89 bits per heavy atom. The summed E-state index contributed by atoms with van der Waals surface area (Å²) in [4.78, 5) is 2.89. The highest BCUT2D eigenvalue weighted by molar-refractivity contribution is 5.03. The van der Waals surface area contributed by atoms with Crippen molar-refractivity contribution in [3.05, 3.63) is 0 Å². The van der Waals surface area contributed by atoms with Crippen molar-refractivity contribution in [1.82, 2.24) is 4.90 Å². The van der Waals surface area contributed by atoms with Gasteiger partial charge in [-0.05, 0) is 56.3 Å². The van der Waals surface area contributed by atoms with Crippen LogP contribution in [0.4, 0.5) is 0 Å². The maximum atomic E-state index is 6.32. The van der Waals surface area contributed by atoms with E-state index in [-0.39, 0.29) is 0 Å². The maximum absolute atomic E-state index is 6.32. The van der Waals surface area contributed by atoms with Crippen molar-refractivity contribution in [2.24, 2.45) is 23.5 Å². The molecule has 0 saturated heterocycles. The second kappa shape index (κ2) is 5.37. The summed E-state index contributed by atoms with van der Waals surface area (Å²) in [6.45, 7) is 7.05. The second-order valence-electron chi connectivity index (χ2n) is 7.86. The van der Waals surface area contributed by atoms with E-state index < -0.39 is 0 Å². The number of nitrogens with two attached hydrogens (primary N) is 1. The zero-order chi connectivity index (χ0) is 13.5. The third-order valence-electron chi connectivity index (χ3n) is 5.93. The first-order valence-electron chi connectivity index (χ1n) is 8.61. The van der Waals surface area contributed by atoms with E-state index in [2.05, 4.69) is 18.7 Å². The largest absolute Gasteiger partial charge is 0.329 e. The molecule has 3 aliphatic rings. The smallest absolute Gasteiger partial charge is 0.0337 e. The molecule has 2 heteroatoms. The molecule has 2 nitrogen and oxygen atoms in total. The second-order valence-corrected chi connectivity index (χ2v) is 7.86. The Balaban J connectivity index is 1.74. The fraction of sp³-hybridized carbons (Fsp3) is 1.00. The fourth-order valence-electron chi connectivity index (χ4n) is 4.21. The number of rotatable bonds is 6. The molecule has 3 aliphatic carbocycles. The molecular weight excluding hydrogens is 232 g/mol. The lowest BCUT2D eigenvalue weighted by atomic mass is 9.70. The first kappa shape index (κ1) is 13.9. The summed E-state index contributed by atoms with van der Waals surface area (Å²) in [7, 11) is 0. The van der Waals surface area contributed by atoms with Gasteiger partial charge in [-0.25, -0.2) is 0 Å². The van der Waals surface area contributed by atoms with E-state index >= 15 is 0 Å². The molecule has 3 saturated carbocycles. The summed E-state index contributed by atoms with van der Waals surface area (Å²) in [5, 5.41) is 0. The normalized spacial score (nSPS) is 36.2. The zero-order valence-corrected chi connectivity index (χ0v) is 12.9. The van der Waals surface area contributed by atoms with Crippen LogP contribution >= 0.6 is 0 Å². The Morgan fingerprint density at radius 1 is 1.16 bits per heavy atom. The van der Waals surface area contributed by atoms with Gasteiger partial charge in [-0.1, -0.05) is 26.7 Å². The van der Waals surface area contributed by atoms with E-state index in [0.717, 1.165) is 30.3 Å². The molecule has 2 atom stereocenters. The Labute approximate surface area is 119 Å². The Kier molecular flexibility index (Phi) is 3.92. The average molecular weight is 264 g/mol. The van der Waals surface area contributed by atoms with Gasteiger partial charge in [-0.3, -0.25) is 4.90 Å². The van der Waals surface area contributed by atoms with E-state index in [9.17, 15) is 0 Å². The fourth-order valence-corrected chi connectivity index (χ4v) is 4.21. The lowest BCUT2D eigenvalue weighted by molar-refractivity contribution is 0.0154. The van der Waals surface area contributed by atoms with Crippen molar-refractivity contribution >= 4 is 0 Å². The predicted octanol–water partition coefficient (Wildman–Crippen LogP) is 3.40. The zero-order valence-electron chi connectivity index (χ0n) is 12.9. The summed E-state index contributed by atoms with van der Waals surface area (Å²) in [6.07, 6.45) is 11.4. The minimum Gasteiger partial charge on any atom is -0.329 e. The first-order chi connectivity index (χ1) is 9.14. The molecule has 0 spiro atoms. The monoisotopic (exact) mass is 264 g/mol. The molecular formula is C17H32N2. The lowest BCUT2D eigenvalue weighted by Crippen LogP contribution is -2.58. The molecule has 3 rings (SSSR count). The molecule has 3 fully saturated rings. The lowest BCUT2D eigenvalue weighted by Gasteiger charge is -2.49. The molecule has 110 valence electrons. The van der Waals surface area contributed by atoms with Gasteiger partial charge in [-0.15, -0.1) is 0 Å². The van der Waals surface area contributed by atoms with Crippen molar-refractivity contribution in [1.29, 1.82) is 0 Å². The minimum atomic E-state index is 0.358. The summed E-state index contributed by atoms with van der Waals surface area (Å²) in [5.41, 5.74) is 6.68. The highest BCUT2D eigenvalue weighted by atomic mass is 15.3. The third-order valence-corrected chi connectivity index (χ3v) is 5.93. The van der Waals surface area contributed by atoms with Crippen LogP contribution in [0, 0.1) is 17.8 Å². The van der Waals surface area contributed by atoms with Gasteiger partial charge in [0.1, 0.15) is 0 Å². The van der Waals surface area contributed by atoms with Crippen molar-refractivity contribution in [2.75, 3.05) is 13.1 Å². The topological polar surface area (TPSA) is 29.3 Å². The minimum absolute atomic E-state index is 0.358. The predicted molar refractivity (Wildman–Crippen MR) is 81.0 cm³/mol. The van der Waals surface area contributed by atoms with Gasteiger partial charge >= 0.3 is 0 Å². The van der Waals surface area contributed by atoms with Crippen LogP contribution in [-0.2, 0) is 0 Å². The van der Waals surface area contributed by atoms with Crippen LogP contribution in [0.2, 0.25) is 0 Å². The van der Waals surface area contributed by atoms with Crippen LogP contribution in [0.25, 0.3) is 0 Å². The molecule has 0 heterocycles. The Bertz CT molecular complexity index is 306. The van der Waals surface area contributed by atoms with Gasteiger partial charge in [0.25, 0.3) is 0 Å². The Morgan fingerprint density at radius 3 is 2.42 bits per heavy atom. The van der Waals surface area contributed by atoms with Crippen molar-refractivity contribution < 1.29 is 0 Å². The molecule has 0 bridgehead atoms. The van der Waals surface area contributed by atoms with Crippen molar-refractivity contribution in [2.45, 2.75) is 76.8 Å². The number of hydrogen-bond acceptors (Lipinski definition) is 2. The summed E-state index contributed by atoms with van der Waals surface area (Å²) >= 11 is 0. The molecule has 0 aromatic carbocycles. The van der Waals surface area contributed by atoms with Crippen LogP contribution in [0.3, 0.4) is 0 Å². The SMILES string of the molecule is CC(C)C1CCCC(CN)(N(CC2CC2)C2CC2)C1. The van der Waals surface area contributed by atoms with Gasteiger partial charge in [0, 0.05) is 24.7 Å². The van der Waals surface area contributed by atoms with Crippen LogP contribution in [-0.4, -0.2) is 29.6 Å². The molecule has 2 N–H and O–H groups in total. The summed E-state index contributed by atoms with van der Waals surface area (Å²) < 4.78 is 0. The summed E-state index contributed by atoms with van der Waals surface area (Å²) in [6, 6.07) is 0.884. The third kappa shape index (κ3) is 3.00. The molecule has 0 aromatic rings. The van der Waals surface area contributed by atoms with Crippen LogP contribution in [0.5, 0.6) is 0 Å². The molecule has 0 amide bonds. The van der Waals surface area contributed by atoms with Gasteiger partial charge < -0.3 is 5.73 Å². The van der Waals surface area contributed by atoms with Crippen LogP contribution < -0.4 is 5.73 Å². The summed E-state index contributed by atoms with van der Waals surface area (Å²) in [5.74, 6) is 2.73. The van der Waals surface area contributed by atoms with E-state index in [1.807, 2.05) is 0 Å². The molecule has 0 aliphatic heterocycles. The highest BCUT2D eigenvalue weighted by Crippen LogP contribution is 2.46. The van der Waals surface area contributed by atoms with E-state index in [4.69, 9.17) is 5.73 Å². The number of hydrogen-bond donors (Lipinski definition) is 1. The maximum Gasteiger partial charge on any atom is 0.0337 e. The molecule has 19 heavy (non-hydrogen) atoms. The van der Waals surface area contributed by atoms with Gasteiger partial charge in [-0.2, -0.15) is 0 Å². The quantitative estimate of drug-likeness (QED) is 0.796. The number of nitrogens with zero attached hydrogens (tertiary/aromatic N) is 1. The standard InChI is InChI=1S/C17H32N2/c1-13(2)15-4-3-9-17(10-15,12-18)19(16-7-8-16)11-14-5-6-14/h13-16H,3-12,18H2,1-2H3. The highest BCUT2D eigenvalue weighted by Gasteiger charge is 2.47. The van der Waals surface area contributed by atoms with E-state index in [1.165, 1.54) is 57.9 Å². The van der Waals surface area contributed by atoms with Crippen molar-refractivity contribution in [3.8, 4) is 0 Å².